The van der Waals surface area contributed by atoms with Crippen molar-refractivity contribution >= 4 is 0 Å². The first-order valence-corrected chi connectivity index (χ1v) is 5.63. The molecule has 78 valence electrons. The molecule has 1 fully saturated rings. The SMILES string of the molecule is CC(NCC1CCCC1)c1ccco1. The molecule has 0 aromatic carbocycles. The van der Waals surface area contributed by atoms with E-state index in [0.29, 0.717) is 6.04 Å². The van der Waals surface area contributed by atoms with Gasteiger partial charge in [0.25, 0.3) is 0 Å². The minimum Gasteiger partial charge on any atom is -0.468 e. The van der Waals surface area contributed by atoms with Crippen molar-refractivity contribution in [2.75, 3.05) is 6.54 Å². The largest absolute Gasteiger partial charge is 0.468 e. The molecule has 1 unspecified atom stereocenters. The van der Waals surface area contributed by atoms with Gasteiger partial charge in [-0.1, -0.05) is 12.8 Å². The predicted octanol–water partition coefficient (Wildman–Crippen LogP) is 3.12. The molecule has 0 spiro atoms. The van der Waals surface area contributed by atoms with E-state index in [1.807, 2.05) is 12.1 Å². The first-order chi connectivity index (χ1) is 6.86. The first kappa shape index (κ1) is 9.78. The normalized spacial score (nSPS) is 20.1. The second kappa shape index (κ2) is 4.65. The summed E-state index contributed by atoms with van der Waals surface area (Å²) in [6.45, 7) is 3.30. The van der Waals surface area contributed by atoms with Crippen LogP contribution in [0.25, 0.3) is 0 Å². The fraction of sp³-hybridized carbons (Fsp3) is 0.667. The lowest BCUT2D eigenvalue weighted by Crippen LogP contribution is -2.24. The van der Waals surface area contributed by atoms with Crippen LogP contribution in [0.1, 0.15) is 44.4 Å². The van der Waals surface area contributed by atoms with E-state index >= 15 is 0 Å². The van der Waals surface area contributed by atoms with E-state index in [2.05, 4.69) is 12.2 Å². The van der Waals surface area contributed by atoms with Gasteiger partial charge in [0.1, 0.15) is 5.76 Å². The van der Waals surface area contributed by atoms with Gasteiger partial charge in [0.05, 0.1) is 12.3 Å². The molecule has 0 radical (unpaired) electrons. The van der Waals surface area contributed by atoms with Gasteiger partial charge in [0, 0.05) is 0 Å². The number of furan rings is 1. The van der Waals surface area contributed by atoms with Crippen LogP contribution in [0.5, 0.6) is 0 Å². The Morgan fingerprint density at radius 1 is 1.50 bits per heavy atom. The van der Waals surface area contributed by atoms with E-state index in [9.17, 15) is 0 Å². The van der Waals surface area contributed by atoms with Gasteiger partial charge in [-0.25, -0.2) is 0 Å². The number of nitrogens with one attached hydrogen (secondary N) is 1. The fourth-order valence-electron chi connectivity index (χ4n) is 2.20. The summed E-state index contributed by atoms with van der Waals surface area (Å²) in [6, 6.07) is 4.33. The monoisotopic (exact) mass is 193 g/mol. The Kier molecular flexibility index (Phi) is 3.25. The Morgan fingerprint density at radius 3 is 2.93 bits per heavy atom. The minimum absolute atomic E-state index is 0.352. The Hall–Kier alpha value is -0.760. The van der Waals surface area contributed by atoms with Gasteiger partial charge in [-0.05, 0) is 44.4 Å². The third-order valence-electron chi connectivity index (χ3n) is 3.16. The van der Waals surface area contributed by atoms with Crippen molar-refractivity contribution in [2.24, 2.45) is 5.92 Å². The topological polar surface area (TPSA) is 25.2 Å². The zero-order valence-corrected chi connectivity index (χ0v) is 8.83. The molecule has 1 aromatic heterocycles. The average molecular weight is 193 g/mol. The summed E-state index contributed by atoms with van der Waals surface area (Å²) in [4.78, 5) is 0. The van der Waals surface area contributed by atoms with Crippen molar-refractivity contribution in [2.45, 2.75) is 38.6 Å². The predicted molar refractivity (Wildman–Crippen MR) is 57.1 cm³/mol. The number of hydrogen-bond donors (Lipinski definition) is 1. The summed E-state index contributed by atoms with van der Waals surface area (Å²) < 4.78 is 5.35. The van der Waals surface area contributed by atoms with Crippen LogP contribution in [0.2, 0.25) is 0 Å². The highest BCUT2D eigenvalue weighted by molar-refractivity contribution is 5.02. The van der Waals surface area contributed by atoms with Crippen LogP contribution in [0, 0.1) is 5.92 Å². The molecule has 14 heavy (non-hydrogen) atoms. The maximum atomic E-state index is 5.35. The zero-order valence-electron chi connectivity index (χ0n) is 8.83. The van der Waals surface area contributed by atoms with Crippen molar-refractivity contribution < 1.29 is 4.42 Å². The van der Waals surface area contributed by atoms with Gasteiger partial charge in [-0.2, -0.15) is 0 Å². The highest BCUT2D eigenvalue weighted by Gasteiger charge is 2.16. The van der Waals surface area contributed by atoms with Gasteiger partial charge in [-0.15, -0.1) is 0 Å². The van der Waals surface area contributed by atoms with E-state index < -0.39 is 0 Å². The minimum atomic E-state index is 0.352. The molecular weight excluding hydrogens is 174 g/mol. The zero-order chi connectivity index (χ0) is 9.80. The molecule has 1 aliphatic rings. The van der Waals surface area contributed by atoms with E-state index in [1.54, 1.807) is 6.26 Å². The summed E-state index contributed by atoms with van der Waals surface area (Å²) in [5.74, 6) is 1.94. The molecule has 0 aliphatic heterocycles. The van der Waals surface area contributed by atoms with Crippen molar-refractivity contribution in [1.82, 2.24) is 5.32 Å². The fourth-order valence-corrected chi connectivity index (χ4v) is 2.20. The molecule has 1 aromatic rings. The van der Waals surface area contributed by atoms with Crippen LogP contribution in [0.15, 0.2) is 22.8 Å². The lowest BCUT2D eigenvalue weighted by atomic mass is 10.1. The Balaban J connectivity index is 1.74. The standard InChI is InChI=1S/C12H19NO/c1-10(12-7-4-8-14-12)13-9-11-5-2-3-6-11/h4,7-8,10-11,13H,2-3,5-6,9H2,1H3. The van der Waals surface area contributed by atoms with E-state index in [-0.39, 0.29) is 0 Å². The van der Waals surface area contributed by atoms with Crippen LogP contribution < -0.4 is 5.32 Å². The van der Waals surface area contributed by atoms with Crippen molar-refractivity contribution in [3.05, 3.63) is 24.2 Å². The van der Waals surface area contributed by atoms with Gasteiger partial charge >= 0.3 is 0 Å². The number of hydrogen-bond acceptors (Lipinski definition) is 2. The molecule has 1 aliphatic carbocycles. The molecule has 1 saturated carbocycles. The van der Waals surface area contributed by atoms with E-state index in [1.165, 1.54) is 25.7 Å². The highest BCUT2D eigenvalue weighted by atomic mass is 16.3. The summed E-state index contributed by atoms with van der Waals surface area (Å²) in [5.41, 5.74) is 0. The molecule has 0 saturated heterocycles. The highest BCUT2D eigenvalue weighted by Crippen LogP contribution is 2.24. The summed E-state index contributed by atoms with van der Waals surface area (Å²) >= 11 is 0. The lowest BCUT2D eigenvalue weighted by Gasteiger charge is -2.14. The Morgan fingerprint density at radius 2 is 2.29 bits per heavy atom. The van der Waals surface area contributed by atoms with Gasteiger partial charge < -0.3 is 9.73 Å². The quantitative estimate of drug-likeness (QED) is 0.794. The molecule has 0 bridgehead atoms. The molecule has 0 amide bonds. The van der Waals surface area contributed by atoms with Gasteiger partial charge in [-0.3, -0.25) is 0 Å². The molecule has 2 rings (SSSR count). The van der Waals surface area contributed by atoms with Crippen LogP contribution in [-0.2, 0) is 0 Å². The molecule has 2 nitrogen and oxygen atoms in total. The number of rotatable bonds is 4. The molecule has 1 atom stereocenters. The van der Waals surface area contributed by atoms with Gasteiger partial charge in [0.2, 0.25) is 0 Å². The van der Waals surface area contributed by atoms with Crippen LogP contribution in [0.4, 0.5) is 0 Å². The first-order valence-electron chi connectivity index (χ1n) is 5.63. The van der Waals surface area contributed by atoms with Crippen LogP contribution >= 0.6 is 0 Å². The van der Waals surface area contributed by atoms with Crippen molar-refractivity contribution in [3.8, 4) is 0 Å². The van der Waals surface area contributed by atoms with Crippen LogP contribution in [0.3, 0.4) is 0 Å². The second-order valence-electron chi connectivity index (χ2n) is 4.30. The van der Waals surface area contributed by atoms with Crippen molar-refractivity contribution in [1.29, 1.82) is 0 Å². The second-order valence-corrected chi connectivity index (χ2v) is 4.30. The third-order valence-corrected chi connectivity index (χ3v) is 3.16. The van der Waals surface area contributed by atoms with Crippen LogP contribution in [-0.4, -0.2) is 6.54 Å². The molecule has 1 heterocycles. The molecule has 2 heteroatoms. The third kappa shape index (κ3) is 2.38. The summed E-state index contributed by atoms with van der Waals surface area (Å²) in [6.07, 6.45) is 7.38. The maximum absolute atomic E-state index is 5.35. The van der Waals surface area contributed by atoms with Crippen molar-refractivity contribution in [3.63, 3.8) is 0 Å². The Labute approximate surface area is 85.7 Å². The lowest BCUT2D eigenvalue weighted by molar-refractivity contribution is 0.396. The summed E-state index contributed by atoms with van der Waals surface area (Å²) in [7, 11) is 0. The van der Waals surface area contributed by atoms with E-state index in [0.717, 1.165) is 18.2 Å². The van der Waals surface area contributed by atoms with E-state index in [4.69, 9.17) is 4.42 Å². The van der Waals surface area contributed by atoms with Gasteiger partial charge in [0.15, 0.2) is 0 Å². The maximum Gasteiger partial charge on any atom is 0.120 e. The smallest absolute Gasteiger partial charge is 0.120 e. The summed E-state index contributed by atoms with van der Waals surface area (Å²) in [5, 5.41) is 3.53. The molecular formula is C12H19NO. The average Bonchev–Trinajstić information content (AvgIpc) is 2.87. The molecule has 1 N–H and O–H groups in total. The Bertz CT molecular complexity index is 249.